The van der Waals surface area contributed by atoms with Crippen LogP contribution in [-0.4, -0.2) is 40.4 Å². The zero-order chi connectivity index (χ0) is 22.4. The SMILES string of the molecule is CCOC(=O)c1cc(-c2ccc(OC)c(S(=O)(=O)NCc3cccc(OC)c3)c2)on1. The van der Waals surface area contributed by atoms with Gasteiger partial charge in [-0.05, 0) is 42.8 Å². The summed E-state index contributed by atoms with van der Waals surface area (Å²) in [5, 5.41) is 3.68. The average molecular weight is 446 g/mol. The number of methoxy groups -OCH3 is 2. The van der Waals surface area contributed by atoms with Gasteiger partial charge in [-0.1, -0.05) is 17.3 Å². The van der Waals surface area contributed by atoms with Crippen LogP contribution in [0.25, 0.3) is 11.3 Å². The molecular weight excluding hydrogens is 424 g/mol. The van der Waals surface area contributed by atoms with E-state index in [1.54, 1.807) is 37.3 Å². The van der Waals surface area contributed by atoms with Crippen LogP contribution in [0.3, 0.4) is 0 Å². The number of rotatable bonds is 9. The maximum absolute atomic E-state index is 13.0. The van der Waals surface area contributed by atoms with Crippen molar-refractivity contribution in [2.75, 3.05) is 20.8 Å². The van der Waals surface area contributed by atoms with Gasteiger partial charge in [0, 0.05) is 18.2 Å². The van der Waals surface area contributed by atoms with E-state index < -0.39 is 16.0 Å². The molecule has 0 radical (unpaired) electrons. The van der Waals surface area contributed by atoms with Crippen LogP contribution in [0.15, 0.2) is 57.9 Å². The minimum atomic E-state index is -3.94. The Morgan fingerprint density at radius 1 is 1.10 bits per heavy atom. The zero-order valence-corrected chi connectivity index (χ0v) is 18.1. The first-order chi connectivity index (χ1) is 14.9. The number of sulfonamides is 1. The largest absolute Gasteiger partial charge is 0.497 e. The van der Waals surface area contributed by atoms with Gasteiger partial charge in [-0.3, -0.25) is 0 Å². The Hall–Kier alpha value is -3.37. The minimum Gasteiger partial charge on any atom is -0.497 e. The summed E-state index contributed by atoms with van der Waals surface area (Å²) in [4.78, 5) is 11.7. The van der Waals surface area contributed by atoms with Crippen molar-refractivity contribution >= 4 is 16.0 Å². The van der Waals surface area contributed by atoms with Gasteiger partial charge in [-0.2, -0.15) is 0 Å². The van der Waals surface area contributed by atoms with Crippen molar-refractivity contribution in [3.8, 4) is 22.8 Å². The smallest absolute Gasteiger partial charge is 0.360 e. The maximum atomic E-state index is 13.0. The molecular formula is C21H22N2O7S. The lowest BCUT2D eigenvalue weighted by atomic mass is 10.1. The maximum Gasteiger partial charge on any atom is 0.360 e. The number of hydrogen-bond donors (Lipinski definition) is 1. The molecule has 31 heavy (non-hydrogen) atoms. The predicted molar refractivity (Wildman–Crippen MR) is 111 cm³/mol. The van der Waals surface area contributed by atoms with Gasteiger partial charge in [-0.15, -0.1) is 0 Å². The third kappa shape index (κ3) is 5.22. The molecule has 0 unspecified atom stereocenters. The van der Waals surface area contributed by atoms with Gasteiger partial charge in [0.25, 0.3) is 0 Å². The van der Waals surface area contributed by atoms with E-state index in [1.165, 1.54) is 32.4 Å². The molecule has 0 saturated carbocycles. The van der Waals surface area contributed by atoms with E-state index in [9.17, 15) is 13.2 Å². The van der Waals surface area contributed by atoms with E-state index >= 15 is 0 Å². The Morgan fingerprint density at radius 2 is 1.90 bits per heavy atom. The van der Waals surface area contributed by atoms with Crippen LogP contribution >= 0.6 is 0 Å². The Bertz CT molecular complexity index is 1170. The number of hydrogen-bond acceptors (Lipinski definition) is 8. The highest BCUT2D eigenvalue weighted by Gasteiger charge is 2.22. The highest BCUT2D eigenvalue weighted by Crippen LogP contribution is 2.30. The van der Waals surface area contributed by atoms with Crippen molar-refractivity contribution in [1.82, 2.24) is 9.88 Å². The molecule has 0 atom stereocenters. The van der Waals surface area contributed by atoms with Gasteiger partial charge in [0.2, 0.25) is 10.0 Å². The number of carbonyl (C=O) groups excluding carboxylic acids is 1. The number of esters is 1. The normalized spacial score (nSPS) is 11.2. The fraction of sp³-hybridized carbons (Fsp3) is 0.238. The lowest BCUT2D eigenvalue weighted by molar-refractivity contribution is 0.0514. The van der Waals surface area contributed by atoms with Gasteiger partial charge in [-0.25, -0.2) is 17.9 Å². The molecule has 0 spiro atoms. The molecule has 0 amide bonds. The number of carbonyl (C=O) groups is 1. The lowest BCUT2D eigenvalue weighted by Gasteiger charge is -2.12. The van der Waals surface area contributed by atoms with Crippen LogP contribution in [0.5, 0.6) is 11.5 Å². The van der Waals surface area contributed by atoms with Crippen LogP contribution in [0.1, 0.15) is 23.0 Å². The highest BCUT2D eigenvalue weighted by molar-refractivity contribution is 7.89. The van der Waals surface area contributed by atoms with E-state index in [0.29, 0.717) is 11.3 Å². The monoisotopic (exact) mass is 446 g/mol. The van der Waals surface area contributed by atoms with Crippen LogP contribution in [0.4, 0.5) is 0 Å². The van der Waals surface area contributed by atoms with Crippen molar-refractivity contribution < 1.29 is 31.9 Å². The van der Waals surface area contributed by atoms with E-state index in [2.05, 4.69) is 9.88 Å². The number of nitrogens with zero attached hydrogens (tertiary/aromatic N) is 1. The Labute approximate surface area is 180 Å². The number of ether oxygens (including phenoxy) is 3. The predicted octanol–water partition coefficient (Wildman–Crippen LogP) is 3.01. The quantitative estimate of drug-likeness (QED) is 0.499. The van der Waals surface area contributed by atoms with E-state index in [1.807, 2.05) is 0 Å². The first kappa shape index (κ1) is 22.3. The summed E-state index contributed by atoms with van der Waals surface area (Å²) in [6.45, 7) is 1.94. The molecule has 1 N–H and O–H groups in total. The molecule has 0 aliphatic heterocycles. The van der Waals surface area contributed by atoms with Crippen molar-refractivity contribution in [3.63, 3.8) is 0 Å². The molecule has 0 aliphatic carbocycles. The molecule has 3 aromatic rings. The fourth-order valence-electron chi connectivity index (χ4n) is 2.79. The van der Waals surface area contributed by atoms with Crippen molar-refractivity contribution in [1.29, 1.82) is 0 Å². The van der Waals surface area contributed by atoms with Gasteiger partial charge >= 0.3 is 5.97 Å². The fourth-order valence-corrected chi connectivity index (χ4v) is 4.00. The number of aromatic nitrogens is 1. The average Bonchev–Trinajstić information content (AvgIpc) is 3.28. The van der Waals surface area contributed by atoms with Gasteiger partial charge in [0.05, 0.1) is 20.8 Å². The second-order valence-corrected chi connectivity index (χ2v) is 8.07. The van der Waals surface area contributed by atoms with Crippen molar-refractivity contribution in [3.05, 3.63) is 59.8 Å². The molecule has 0 saturated heterocycles. The molecule has 1 heterocycles. The molecule has 164 valence electrons. The van der Waals surface area contributed by atoms with Crippen LogP contribution < -0.4 is 14.2 Å². The summed E-state index contributed by atoms with van der Waals surface area (Å²) in [5.41, 5.74) is 1.13. The summed E-state index contributed by atoms with van der Waals surface area (Å²) in [7, 11) is -1.02. The van der Waals surface area contributed by atoms with Gasteiger partial charge in [0.15, 0.2) is 11.5 Å². The molecule has 0 aliphatic rings. The molecule has 0 fully saturated rings. The van der Waals surface area contributed by atoms with Crippen LogP contribution in [0, 0.1) is 0 Å². The van der Waals surface area contributed by atoms with E-state index in [-0.39, 0.29) is 35.3 Å². The summed E-state index contributed by atoms with van der Waals surface area (Å²) in [6.07, 6.45) is 0. The molecule has 10 heteroatoms. The third-order valence-corrected chi connectivity index (χ3v) is 5.76. The Morgan fingerprint density at radius 3 is 2.61 bits per heavy atom. The Kier molecular flexibility index (Phi) is 6.93. The Balaban J connectivity index is 1.88. The molecule has 2 aromatic carbocycles. The van der Waals surface area contributed by atoms with Gasteiger partial charge < -0.3 is 18.7 Å². The highest BCUT2D eigenvalue weighted by atomic mass is 32.2. The minimum absolute atomic E-state index is 0.00627. The molecule has 3 rings (SSSR count). The molecule has 9 nitrogen and oxygen atoms in total. The zero-order valence-electron chi connectivity index (χ0n) is 17.2. The first-order valence-corrected chi connectivity index (χ1v) is 10.8. The second kappa shape index (κ2) is 9.63. The van der Waals surface area contributed by atoms with Crippen molar-refractivity contribution in [2.45, 2.75) is 18.4 Å². The number of benzene rings is 2. The third-order valence-electron chi connectivity index (χ3n) is 4.33. The van der Waals surface area contributed by atoms with E-state index in [0.717, 1.165) is 5.56 Å². The second-order valence-electron chi connectivity index (χ2n) is 6.34. The summed E-state index contributed by atoms with van der Waals surface area (Å²) >= 11 is 0. The van der Waals surface area contributed by atoms with Gasteiger partial charge in [0.1, 0.15) is 16.4 Å². The summed E-state index contributed by atoms with van der Waals surface area (Å²) in [5.74, 6) is 0.375. The van der Waals surface area contributed by atoms with Crippen molar-refractivity contribution in [2.24, 2.45) is 0 Å². The molecule has 0 bridgehead atoms. The summed E-state index contributed by atoms with van der Waals surface area (Å²) < 4.78 is 49.0. The standard InChI is InChI=1S/C21H22N2O7S/c1-4-29-21(24)17-12-19(30-23-17)15-8-9-18(28-3)20(11-15)31(25,26)22-13-14-6-5-7-16(10-14)27-2/h5-12,22H,4,13H2,1-3H3. The summed E-state index contributed by atoms with van der Waals surface area (Å²) in [6, 6.07) is 13.0. The topological polar surface area (TPSA) is 117 Å². The first-order valence-electron chi connectivity index (χ1n) is 9.32. The lowest BCUT2D eigenvalue weighted by Crippen LogP contribution is -2.23. The molecule has 1 aromatic heterocycles. The number of nitrogens with one attached hydrogen (secondary N) is 1. The van der Waals surface area contributed by atoms with Crippen LogP contribution in [0.2, 0.25) is 0 Å². The van der Waals surface area contributed by atoms with E-state index in [4.69, 9.17) is 18.7 Å². The van der Waals surface area contributed by atoms with Crippen LogP contribution in [-0.2, 0) is 21.3 Å².